The molecule has 0 heterocycles. The van der Waals surface area contributed by atoms with Gasteiger partial charge in [0.05, 0.1) is 22.3 Å². The third-order valence-corrected chi connectivity index (χ3v) is 9.36. The molecular formula is C47H38N2O8. The Hall–Kier alpha value is -7.72. The molecule has 10 heteroatoms. The molecule has 0 spiro atoms. The molecule has 0 saturated heterocycles. The summed E-state index contributed by atoms with van der Waals surface area (Å²) in [6.07, 6.45) is 3.03. The number of carbonyl (C=O) groups is 4. The summed E-state index contributed by atoms with van der Waals surface area (Å²) in [5, 5.41) is 24.6. The number of amides is 2. The van der Waals surface area contributed by atoms with E-state index in [9.17, 15) is 29.4 Å². The Balaban J connectivity index is 1.04. The highest BCUT2D eigenvalue weighted by atomic mass is 16.5. The minimum absolute atomic E-state index is 0.0425. The normalized spacial score (nSPS) is 10.8. The third kappa shape index (κ3) is 9.15. The average Bonchev–Trinajstić information content (AvgIpc) is 3.22. The summed E-state index contributed by atoms with van der Waals surface area (Å²) in [6.45, 7) is 11.5. The van der Waals surface area contributed by atoms with Crippen LogP contribution in [0.1, 0.15) is 77.5 Å². The molecule has 0 aliphatic heterocycles. The molecule has 0 aromatic heterocycles. The number of hydrogen-bond donors (Lipinski definition) is 4. The van der Waals surface area contributed by atoms with Crippen LogP contribution in [0.2, 0.25) is 0 Å². The number of carboxylic acids is 2. The molecule has 0 radical (unpaired) electrons. The highest BCUT2D eigenvalue weighted by Crippen LogP contribution is 2.35. The molecule has 0 fully saturated rings. The molecule has 0 aliphatic carbocycles. The van der Waals surface area contributed by atoms with Crippen molar-refractivity contribution in [3.05, 3.63) is 191 Å². The molecule has 0 saturated carbocycles. The van der Waals surface area contributed by atoms with Crippen molar-refractivity contribution in [2.75, 3.05) is 10.6 Å². The number of benzene rings is 6. The van der Waals surface area contributed by atoms with Crippen LogP contribution in [0, 0.1) is 0 Å². The van der Waals surface area contributed by atoms with Crippen molar-refractivity contribution >= 4 is 47.3 Å². The van der Waals surface area contributed by atoms with E-state index in [-0.39, 0.29) is 27.7 Å². The Morgan fingerprint density at radius 2 is 0.807 bits per heavy atom. The second kappa shape index (κ2) is 16.7. The number of ether oxygens (including phenoxy) is 2. The molecule has 10 nitrogen and oxygen atoms in total. The number of hydrogen-bond acceptors (Lipinski definition) is 6. The van der Waals surface area contributed by atoms with Gasteiger partial charge in [-0.3, -0.25) is 9.59 Å². The van der Waals surface area contributed by atoms with Gasteiger partial charge in [0.1, 0.15) is 23.0 Å². The summed E-state index contributed by atoms with van der Waals surface area (Å²) in [6, 6.07) is 38.1. The quantitative estimate of drug-likeness (QED) is 0.0857. The second-order valence-corrected chi connectivity index (χ2v) is 13.5. The molecule has 0 bridgehead atoms. The topological polar surface area (TPSA) is 151 Å². The average molecular weight is 759 g/mol. The number of anilines is 2. The maximum absolute atomic E-state index is 12.9. The van der Waals surface area contributed by atoms with E-state index < -0.39 is 23.8 Å². The predicted octanol–water partition coefficient (Wildman–Crippen LogP) is 10.8. The fourth-order valence-corrected chi connectivity index (χ4v) is 6.06. The van der Waals surface area contributed by atoms with Gasteiger partial charge in [0, 0.05) is 16.8 Å². The first kappa shape index (κ1) is 39.0. The summed E-state index contributed by atoms with van der Waals surface area (Å²) in [7, 11) is 0. The van der Waals surface area contributed by atoms with Gasteiger partial charge < -0.3 is 30.3 Å². The summed E-state index contributed by atoms with van der Waals surface area (Å²) in [5.74, 6) is -1.13. The van der Waals surface area contributed by atoms with Crippen LogP contribution < -0.4 is 20.1 Å². The van der Waals surface area contributed by atoms with Crippen molar-refractivity contribution in [3.8, 4) is 23.0 Å². The monoisotopic (exact) mass is 758 g/mol. The Labute approximate surface area is 329 Å². The van der Waals surface area contributed by atoms with Crippen molar-refractivity contribution in [2.24, 2.45) is 0 Å². The van der Waals surface area contributed by atoms with Crippen LogP contribution in [0.3, 0.4) is 0 Å². The number of nitrogens with one attached hydrogen (secondary N) is 2. The lowest BCUT2D eigenvalue weighted by Crippen LogP contribution is -2.18. The van der Waals surface area contributed by atoms with E-state index >= 15 is 0 Å². The van der Waals surface area contributed by atoms with Crippen molar-refractivity contribution in [2.45, 2.75) is 19.3 Å². The van der Waals surface area contributed by atoms with Gasteiger partial charge in [-0.2, -0.15) is 0 Å². The summed E-state index contributed by atoms with van der Waals surface area (Å²) >= 11 is 0. The van der Waals surface area contributed by atoms with Crippen molar-refractivity contribution in [3.63, 3.8) is 0 Å². The Bertz CT molecular complexity index is 2310. The maximum Gasteiger partial charge on any atom is 0.336 e. The van der Waals surface area contributed by atoms with Crippen LogP contribution in [0.25, 0.3) is 12.2 Å². The molecule has 2 amide bonds. The van der Waals surface area contributed by atoms with E-state index in [2.05, 4.69) is 37.6 Å². The predicted molar refractivity (Wildman–Crippen MR) is 221 cm³/mol. The lowest BCUT2D eigenvalue weighted by atomic mass is 9.78. The lowest BCUT2D eigenvalue weighted by Gasteiger charge is -2.26. The highest BCUT2D eigenvalue weighted by Gasteiger charge is 2.24. The Morgan fingerprint density at radius 3 is 1.11 bits per heavy atom. The Kier molecular flexibility index (Phi) is 11.5. The van der Waals surface area contributed by atoms with Crippen LogP contribution in [0.15, 0.2) is 147 Å². The molecule has 4 N–H and O–H groups in total. The third-order valence-electron chi connectivity index (χ3n) is 9.36. The first-order valence-electron chi connectivity index (χ1n) is 17.7. The van der Waals surface area contributed by atoms with Gasteiger partial charge in [-0.25, -0.2) is 9.59 Å². The molecule has 57 heavy (non-hydrogen) atoms. The van der Waals surface area contributed by atoms with E-state index in [0.29, 0.717) is 45.5 Å². The minimum Gasteiger partial charge on any atom is -0.478 e. The lowest BCUT2D eigenvalue weighted by molar-refractivity contribution is 0.0683. The molecule has 0 aliphatic rings. The van der Waals surface area contributed by atoms with E-state index in [4.69, 9.17) is 9.47 Å². The minimum atomic E-state index is -1.20. The van der Waals surface area contributed by atoms with Gasteiger partial charge in [-0.05, 0) is 119 Å². The molecule has 6 rings (SSSR count). The van der Waals surface area contributed by atoms with Gasteiger partial charge in [0.25, 0.3) is 11.8 Å². The molecular weight excluding hydrogens is 721 g/mol. The molecule has 0 atom stereocenters. The van der Waals surface area contributed by atoms with Gasteiger partial charge in [-0.15, -0.1) is 0 Å². The van der Waals surface area contributed by atoms with Crippen molar-refractivity contribution in [1.82, 2.24) is 0 Å². The van der Waals surface area contributed by atoms with E-state index in [1.807, 2.05) is 48.5 Å². The van der Waals surface area contributed by atoms with Gasteiger partial charge >= 0.3 is 11.9 Å². The largest absolute Gasteiger partial charge is 0.478 e. The zero-order valence-electron chi connectivity index (χ0n) is 31.1. The van der Waals surface area contributed by atoms with Gasteiger partial charge in [0.15, 0.2) is 0 Å². The number of carbonyl (C=O) groups excluding carboxylic acids is 2. The number of aromatic carboxylic acids is 2. The zero-order chi connectivity index (χ0) is 40.7. The summed E-state index contributed by atoms with van der Waals surface area (Å²) < 4.78 is 12.1. The van der Waals surface area contributed by atoms with E-state index in [0.717, 1.165) is 11.1 Å². The van der Waals surface area contributed by atoms with Gasteiger partial charge in [-0.1, -0.05) is 75.6 Å². The van der Waals surface area contributed by atoms with Crippen molar-refractivity contribution < 1.29 is 38.9 Å². The maximum atomic E-state index is 12.9. The Morgan fingerprint density at radius 1 is 0.491 bits per heavy atom. The molecule has 0 unspecified atom stereocenters. The van der Waals surface area contributed by atoms with Crippen LogP contribution in [-0.4, -0.2) is 34.0 Å². The molecule has 284 valence electrons. The fourth-order valence-electron chi connectivity index (χ4n) is 6.06. The van der Waals surface area contributed by atoms with Crippen LogP contribution >= 0.6 is 0 Å². The first-order chi connectivity index (χ1) is 27.3. The van der Waals surface area contributed by atoms with Crippen LogP contribution in [0.4, 0.5) is 11.4 Å². The summed E-state index contributed by atoms with van der Waals surface area (Å²) in [5.41, 5.74) is 3.80. The second-order valence-electron chi connectivity index (χ2n) is 13.5. The number of rotatable bonds is 14. The fraction of sp³-hybridized carbons (Fsp3) is 0.0638. The van der Waals surface area contributed by atoms with E-state index in [1.54, 1.807) is 60.7 Å². The van der Waals surface area contributed by atoms with Crippen LogP contribution in [-0.2, 0) is 5.41 Å². The van der Waals surface area contributed by atoms with E-state index in [1.165, 1.54) is 36.4 Å². The smallest absolute Gasteiger partial charge is 0.336 e. The van der Waals surface area contributed by atoms with Crippen LogP contribution in [0.5, 0.6) is 23.0 Å². The molecule has 6 aromatic carbocycles. The highest BCUT2D eigenvalue weighted by molar-refractivity contribution is 6.11. The first-order valence-corrected chi connectivity index (χ1v) is 17.7. The molecule has 6 aromatic rings. The standard InChI is InChI=1S/C47H38N2O8/c1-5-29-7-25-39(41(27-29)45(52)53)43(50)48-33-13-21-37(22-14-33)56-35-17-9-31(10-18-35)47(3,4)32-11-19-36(20-12-32)57-38-23-15-34(16-24-38)49-44(51)40-26-8-30(6-2)28-42(40)46(54)55/h5-28H,1-2H2,3-4H3,(H,48,50)(H,49,51)(H,52,53)(H,54,55). The van der Waals surface area contributed by atoms with Gasteiger partial charge in [0.2, 0.25) is 0 Å². The zero-order valence-corrected chi connectivity index (χ0v) is 31.1. The summed E-state index contributed by atoms with van der Waals surface area (Å²) in [4.78, 5) is 49.2. The SMILES string of the molecule is C=Cc1ccc(C(=O)Nc2ccc(Oc3ccc(C(C)(C)c4ccc(Oc5ccc(NC(=O)c6ccc(C=C)cc6C(=O)O)cc5)cc4)cc3)cc2)c(C(=O)O)c1. The number of carboxylic acid groups (broad SMARTS) is 2. The van der Waals surface area contributed by atoms with Crippen molar-refractivity contribution in [1.29, 1.82) is 0 Å².